The number of ketones is 1. The average molecular weight is 458 g/mol. The van der Waals surface area contributed by atoms with Gasteiger partial charge < -0.3 is 14.4 Å². The van der Waals surface area contributed by atoms with Crippen molar-refractivity contribution in [2.75, 3.05) is 6.54 Å². The smallest absolute Gasteiger partial charge is 0.410 e. The van der Waals surface area contributed by atoms with Gasteiger partial charge in [-0.1, -0.05) is 78.9 Å². The summed E-state index contributed by atoms with van der Waals surface area (Å²) < 4.78 is 11.4. The molecule has 4 rings (SSSR count). The Morgan fingerprint density at radius 1 is 0.794 bits per heavy atom. The molecule has 2 atom stereocenters. The highest BCUT2D eigenvalue weighted by molar-refractivity contribution is 5.96. The van der Waals surface area contributed by atoms with Crippen LogP contribution in [0.4, 0.5) is 4.79 Å². The summed E-state index contributed by atoms with van der Waals surface area (Å²) in [4.78, 5) is 40.4. The van der Waals surface area contributed by atoms with Crippen molar-refractivity contribution in [3.63, 3.8) is 0 Å². The summed E-state index contributed by atoms with van der Waals surface area (Å²) in [5, 5.41) is 0. The molecule has 0 spiro atoms. The van der Waals surface area contributed by atoms with E-state index in [0.717, 1.165) is 5.56 Å². The van der Waals surface area contributed by atoms with E-state index in [2.05, 4.69) is 0 Å². The third-order valence-corrected chi connectivity index (χ3v) is 5.91. The minimum absolute atomic E-state index is 0.0389. The third-order valence-electron chi connectivity index (χ3n) is 5.91. The van der Waals surface area contributed by atoms with Crippen LogP contribution in [0.25, 0.3) is 0 Å². The maximum atomic E-state index is 13.1. The Balaban J connectivity index is 1.52. The second-order valence-electron chi connectivity index (χ2n) is 8.25. The van der Waals surface area contributed by atoms with Crippen molar-refractivity contribution < 1.29 is 23.9 Å². The molecule has 6 heteroatoms. The van der Waals surface area contributed by atoms with Crippen LogP contribution >= 0.6 is 0 Å². The van der Waals surface area contributed by atoms with Gasteiger partial charge in [0.1, 0.15) is 12.7 Å². The van der Waals surface area contributed by atoms with Gasteiger partial charge in [-0.2, -0.15) is 0 Å². The van der Waals surface area contributed by atoms with Gasteiger partial charge in [-0.05, 0) is 30.5 Å². The first kappa shape index (κ1) is 23.2. The predicted octanol–water partition coefficient (Wildman–Crippen LogP) is 5.29. The Kier molecular flexibility index (Phi) is 7.71. The molecule has 1 aliphatic rings. The molecule has 1 amide bonds. The zero-order valence-electron chi connectivity index (χ0n) is 18.8. The SMILES string of the molecule is O=C(C[C@H]1[C@H](OC(=O)c2ccccc2)CCCN1C(=O)OCc1ccccc1)c1ccccc1. The van der Waals surface area contributed by atoms with Crippen molar-refractivity contribution >= 4 is 17.8 Å². The van der Waals surface area contributed by atoms with Crippen molar-refractivity contribution in [2.24, 2.45) is 0 Å². The number of benzene rings is 3. The molecule has 1 saturated heterocycles. The lowest BCUT2D eigenvalue weighted by molar-refractivity contribution is -0.0241. The average Bonchev–Trinajstić information content (AvgIpc) is 2.89. The summed E-state index contributed by atoms with van der Waals surface area (Å²) in [7, 11) is 0. The quantitative estimate of drug-likeness (QED) is 0.356. The molecule has 0 aliphatic carbocycles. The Morgan fingerprint density at radius 3 is 2.03 bits per heavy atom. The van der Waals surface area contributed by atoms with Gasteiger partial charge in [0.2, 0.25) is 0 Å². The summed E-state index contributed by atoms with van der Waals surface area (Å²) >= 11 is 0. The molecule has 1 heterocycles. The van der Waals surface area contributed by atoms with Gasteiger partial charge in [0.25, 0.3) is 0 Å². The van der Waals surface area contributed by atoms with Crippen molar-refractivity contribution in [1.82, 2.24) is 4.90 Å². The van der Waals surface area contributed by atoms with E-state index >= 15 is 0 Å². The minimum Gasteiger partial charge on any atom is -0.457 e. The second kappa shape index (κ2) is 11.3. The number of carbonyl (C=O) groups excluding carboxylic acids is 3. The number of carbonyl (C=O) groups is 3. The molecular weight excluding hydrogens is 430 g/mol. The van der Waals surface area contributed by atoms with Gasteiger partial charge >= 0.3 is 12.1 Å². The number of rotatable bonds is 7. The van der Waals surface area contributed by atoms with Crippen LogP contribution in [0.1, 0.15) is 45.5 Å². The molecule has 0 N–H and O–H groups in total. The Morgan fingerprint density at radius 2 is 1.38 bits per heavy atom. The molecule has 3 aromatic rings. The van der Waals surface area contributed by atoms with E-state index < -0.39 is 24.2 Å². The Labute approximate surface area is 199 Å². The summed E-state index contributed by atoms with van der Waals surface area (Å²) in [6, 6.07) is 26.4. The molecule has 1 fully saturated rings. The number of Topliss-reactive ketones (excluding diaryl/α,β-unsaturated/α-hetero) is 1. The van der Waals surface area contributed by atoms with E-state index in [1.165, 1.54) is 4.90 Å². The fourth-order valence-corrected chi connectivity index (χ4v) is 4.14. The highest BCUT2D eigenvalue weighted by atomic mass is 16.6. The number of piperidine rings is 1. The maximum Gasteiger partial charge on any atom is 0.410 e. The van der Waals surface area contributed by atoms with Crippen LogP contribution in [0.2, 0.25) is 0 Å². The van der Waals surface area contributed by atoms with Crippen LogP contribution in [0.15, 0.2) is 91.0 Å². The number of nitrogens with zero attached hydrogens (tertiary/aromatic N) is 1. The van der Waals surface area contributed by atoms with Crippen LogP contribution in [0.5, 0.6) is 0 Å². The summed E-state index contributed by atoms with van der Waals surface area (Å²) in [5.41, 5.74) is 1.86. The van der Waals surface area contributed by atoms with Crippen LogP contribution in [0, 0.1) is 0 Å². The second-order valence-corrected chi connectivity index (χ2v) is 8.25. The molecular formula is C28H27NO5. The van der Waals surface area contributed by atoms with Crippen molar-refractivity contribution in [3.05, 3.63) is 108 Å². The number of amides is 1. The fourth-order valence-electron chi connectivity index (χ4n) is 4.14. The van der Waals surface area contributed by atoms with Gasteiger partial charge in [0.15, 0.2) is 5.78 Å². The predicted molar refractivity (Wildman–Crippen MR) is 127 cm³/mol. The zero-order valence-corrected chi connectivity index (χ0v) is 18.8. The van der Waals surface area contributed by atoms with Crippen LogP contribution in [0.3, 0.4) is 0 Å². The van der Waals surface area contributed by atoms with Gasteiger partial charge in [0.05, 0.1) is 11.6 Å². The normalized spacial score (nSPS) is 17.6. The highest BCUT2D eigenvalue weighted by Gasteiger charge is 2.39. The van der Waals surface area contributed by atoms with Gasteiger partial charge in [-0.3, -0.25) is 4.79 Å². The van der Waals surface area contributed by atoms with E-state index in [0.29, 0.717) is 30.5 Å². The number of esters is 1. The lowest BCUT2D eigenvalue weighted by Crippen LogP contribution is -2.53. The van der Waals surface area contributed by atoms with Crippen molar-refractivity contribution in [3.8, 4) is 0 Å². The summed E-state index contributed by atoms with van der Waals surface area (Å²) in [6.45, 7) is 0.559. The molecule has 0 aromatic heterocycles. The van der Waals surface area contributed by atoms with E-state index in [1.54, 1.807) is 48.5 Å². The molecule has 1 aliphatic heterocycles. The van der Waals surface area contributed by atoms with Crippen LogP contribution in [-0.2, 0) is 16.1 Å². The Hall–Kier alpha value is -3.93. The summed E-state index contributed by atoms with van der Waals surface area (Å²) in [6.07, 6.45) is 0.113. The lowest BCUT2D eigenvalue weighted by atomic mass is 9.92. The molecule has 0 bridgehead atoms. The number of hydrogen-bond donors (Lipinski definition) is 0. The number of ether oxygens (including phenoxy) is 2. The molecule has 6 nitrogen and oxygen atoms in total. The first-order valence-electron chi connectivity index (χ1n) is 11.4. The third kappa shape index (κ3) is 5.90. The van der Waals surface area contributed by atoms with Crippen molar-refractivity contribution in [1.29, 1.82) is 0 Å². The van der Waals surface area contributed by atoms with Gasteiger partial charge in [-0.25, -0.2) is 9.59 Å². The fraction of sp³-hybridized carbons (Fsp3) is 0.250. The molecule has 0 saturated carbocycles. The van der Waals surface area contributed by atoms with Crippen LogP contribution in [-0.4, -0.2) is 41.4 Å². The molecule has 34 heavy (non-hydrogen) atoms. The standard InChI is InChI=1S/C28H27NO5/c30-25(22-13-6-2-7-14-22)19-24-26(34-27(31)23-15-8-3-9-16-23)17-10-18-29(24)28(32)33-20-21-11-4-1-5-12-21/h1-9,11-16,24,26H,10,17-20H2/t24-,26+/m0/s1. The molecule has 174 valence electrons. The molecule has 3 aromatic carbocycles. The number of likely N-dealkylation sites (tertiary alicyclic amines) is 1. The maximum absolute atomic E-state index is 13.1. The first-order chi connectivity index (χ1) is 16.6. The lowest BCUT2D eigenvalue weighted by Gasteiger charge is -2.39. The van der Waals surface area contributed by atoms with Crippen molar-refractivity contribution in [2.45, 2.75) is 38.0 Å². The van der Waals surface area contributed by atoms with Gasteiger partial charge in [-0.15, -0.1) is 0 Å². The molecule has 0 unspecified atom stereocenters. The zero-order chi connectivity index (χ0) is 23.8. The van der Waals surface area contributed by atoms with E-state index in [1.807, 2.05) is 42.5 Å². The van der Waals surface area contributed by atoms with Crippen LogP contribution < -0.4 is 0 Å². The highest BCUT2D eigenvalue weighted by Crippen LogP contribution is 2.26. The molecule has 0 radical (unpaired) electrons. The van der Waals surface area contributed by atoms with Gasteiger partial charge in [0, 0.05) is 18.5 Å². The minimum atomic E-state index is -0.614. The van der Waals surface area contributed by atoms with E-state index in [4.69, 9.17) is 9.47 Å². The first-order valence-corrected chi connectivity index (χ1v) is 11.4. The summed E-state index contributed by atoms with van der Waals surface area (Å²) in [5.74, 6) is -0.587. The van der Waals surface area contributed by atoms with E-state index in [9.17, 15) is 14.4 Å². The number of hydrogen-bond acceptors (Lipinski definition) is 5. The monoisotopic (exact) mass is 457 g/mol. The Bertz CT molecular complexity index is 1100. The van der Waals surface area contributed by atoms with E-state index in [-0.39, 0.29) is 18.8 Å². The topological polar surface area (TPSA) is 72.9 Å². The largest absolute Gasteiger partial charge is 0.457 e.